The molecule has 0 aliphatic heterocycles. The van der Waals surface area contributed by atoms with E-state index in [-0.39, 0.29) is 41.3 Å². The number of nitro benzene ring substituents is 1. The molecule has 0 aliphatic rings. The second kappa shape index (κ2) is 7.53. The number of esters is 1. The maximum Gasteiger partial charge on any atom is 0.310 e. The van der Waals surface area contributed by atoms with Gasteiger partial charge in [-0.1, -0.05) is 0 Å². The van der Waals surface area contributed by atoms with Gasteiger partial charge in [-0.3, -0.25) is 19.7 Å². The van der Waals surface area contributed by atoms with Crippen molar-refractivity contribution in [3.05, 3.63) is 33.9 Å². The number of carbonyl (C=O) groups is 2. The van der Waals surface area contributed by atoms with E-state index in [9.17, 15) is 19.7 Å². The first kappa shape index (κ1) is 17.6. The van der Waals surface area contributed by atoms with Crippen LogP contribution in [0.1, 0.15) is 38.1 Å². The Morgan fingerprint density at radius 3 is 2.50 bits per heavy atom. The van der Waals surface area contributed by atoms with Crippen LogP contribution >= 0.6 is 0 Å². The molecule has 0 aliphatic carbocycles. The molecule has 0 saturated carbocycles. The molecule has 2 unspecified atom stereocenters. The smallest absolute Gasteiger partial charge is 0.310 e. The predicted octanol–water partition coefficient (Wildman–Crippen LogP) is 2.80. The van der Waals surface area contributed by atoms with Gasteiger partial charge in [-0.25, -0.2) is 0 Å². The Hall–Kier alpha value is -2.44. The highest BCUT2D eigenvalue weighted by Gasteiger charge is 2.24. The Morgan fingerprint density at radius 2 is 2.00 bits per heavy atom. The van der Waals surface area contributed by atoms with Gasteiger partial charge >= 0.3 is 5.97 Å². The average Bonchev–Trinajstić information content (AvgIpc) is 2.46. The van der Waals surface area contributed by atoms with Crippen LogP contribution < -0.4 is 5.32 Å². The lowest BCUT2D eigenvalue weighted by molar-refractivity contribution is -0.384. The first-order chi connectivity index (χ1) is 10.3. The fourth-order valence-electron chi connectivity index (χ4n) is 1.87. The molecular formula is C15H20N2O5. The Bertz CT molecular complexity index is 585. The number of ketones is 1. The number of benzene rings is 1. The fraction of sp³-hybridized carbons (Fsp3) is 0.467. The summed E-state index contributed by atoms with van der Waals surface area (Å²) < 4.78 is 4.93. The predicted molar refractivity (Wildman–Crippen MR) is 82.0 cm³/mol. The minimum atomic E-state index is -0.559. The Labute approximate surface area is 128 Å². The van der Waals surface area contributed by atoms with Crippen LogP contribution in [0.3, 0.4) is 0 Å². The molecule has 0 spiro atoms. The zero-order chi connectivity index (χ0) is 16.9. The van der Waals surface area contributed by atoms with E-state index >= 15 is 0 Å². The molecule has 1 N–H and O–H groups in total. The van der Waals surface area contributed by atoms with Crippen LogP contribution in [0.2, 0.25) is 0 Å². The largest absolute Gasteiger partial charge is 0.466 e. The standard InChI is InChI=1S/C15H20N2O5/c1-5-22-15(19)9(2)10(3)16-13-7-6-12(11(4)18)8-14(13)17(20)21/h6-10,16H,5H2,1-4H3. The van der Waals surface area contributed by atoms with Crippen molar-refractivity contribution in [1.29, 1.82) is 0 Å². The van der Waals surface area contributed by atoms with Crippen molar-refractivity contribution < 1.29 is 19.2 Å². The first-order valence-electron chi connectivity index (χ1n) is 7.00. The molecule has 0 bridgehead atoms. The Balaban J connectivity index is 2.99. The van der Waals surface area contributed by atoms with Crippen molar-refractivity contribution in [2.24, 2.45) is 5.92 Å². The van der Waals surface area contributed by atoms with E-state index in [1.807, 2.05) is 0 Å². The number of hydrogen-bond donors (Lipinski definition) is 1. The second-order valence-electron chi connectivity index (χ2n) is 5.02. The minimum Gasteiger partial charge on any atom is -0.466 e. The lowest BCUT2D eigenvalue weighted by atomic mass is 10.0. The molecule has 22 heavy (non-hydrogen) atoms. The van der Waals surface area contributed by atoms with E-state index in [1.54, 1.807) is 20.8 Å². The number of hydrogen-bond acceptors (Lipinski definition) is 6. The van der Waals surface area contributed by atoms with E-state index in [4.69, 9.17) is 4.74 Å². The van der Waals surface area contributed by atoms with Crippen molar-refractivity contribution >= 4 is 23.1 Å². The molecular weight excluding hydrogens is 288 g/mol. The summed E-state index contributed by atoms with van der Waals surface area (Å²) in [5, 5.41) is 14.1. The third-order valence-corrected chi connectivity index (χ3v) is 3.39. The van der Waals surface area contributed by atoms with Crippen molar-refractivity contribution in [2.45, 2.75) is 33.7 Å². The van der Waals surface area contributed by atoms with Crippen LogP contribution in [0, 0.1) is 16.0 Å². The molecule has 7 heteroatoms. The molecule has 0 aromatic heterocycles. The van der Waals surface area contributed by atoms with Gasteiger partial charge in [0, 0.05) is 17.7 Å². The molecule has 0 amide bonds. The highest BCUT2D eigenvalue weighted by molar-refractivity contribution is 5.95. The summed E-state index contributed by atoms with van der Waals surface area (Å²) in [6.07, 6.45) is 0. The van der Waals surface area contributed by atoms with Gasteiger partial charge in [0.25, 0.3) is 5.69 Å². The average molecular weight is 308 g/mol. The molecule has 7 nitrogen and oxygen atoms in total. The van der Waals surface area contributed by atoms with Crippen LogP contribution in [0.4, 0.5) is 11.4 Å². The maximum atomic E-state index is 11.7. The monoisotopic (exact) mass is 308 g/mol. The van der Waals surface area contributed by atoms with Crippen molar-refractivity contribution in [3.63, 3.8) is 0 Å². The highest BCUT2D eigenvalue weighted by atomic mass is 16.6. The molecule has 1 rings (SSSR count). The third-order valence-electron chi connectivity index (χ3n) is 3.39. The van der Waals surface area contributed by atoms with Gasteiger partial charge in [-0.2, -0.15) is 0 Å². The van der Waals surface area contributed by atoms with Gasteiger partial charge in [0.05, 0.1) is 17.4 Å². The van der Waals surface area contributed by atoms with Crippen LogP contribution in [0.5, 0.6) is 0 Å². The minimum absolute atomic E-state index is 0.199. The summed E-state index contributed by atoms with van der Waals surface area (Å²) >= 11 is 0. The normalized spacial score (nSPS) is 13.1. The third kappa shape index (κ3) is 4.28. The quantitative estimate of drug-likeness (QED) is 0.360. The van der Waals surface area contributed by atoms with Crippen LogP contribution in [-0.2, 0) is 9.53 Å². The number of ether oxygens (including phenoxy) is 1. The van der Waals surface area contributed by atoms with E-state index in [2.05, 4.69) is 5.32 Å². The molecule has 0 radical (unpaired) electrons. The molecule has 0 saturated heterocycles. The summed E-state index contributed by atoms with van der Waals surface area (Å²) in [6.45, 7) is 6.77. The molecule has 0 fully saturated rings. The summed E-state index contributed by atoms with van der Waals surface area (Å²) in [6, 6.07) is 3.86. The Morgan fingerprint density at radius 1 is 1.36 bits per heavy atom. The van der Waals surface area contributed by atoms with Gasteiger partial charge in [0.15, 0.2) is 5.78 Å². The van der Waals surface area contributed by atoms with Crippen LogP contribution in [-0.4, -0.2) is 29.3 Å². The molecule has 1 aromatic rings. The second-order valence-corrected chi connectivity index (χ2v) is 5.02. The van der Waals surface area contributed by atoms with Gasteiger partial charge in [-0.05, 0) is 39.8 Å². The maximum absolute atomic E-state index is 11.7. The number of nitrogens with one attached hydrogen (secondary N) is 1. The van der Waals surface area contributed by atoms with Gasteiger partial charge in [-0.15, -0.1) is 0 Å². The zero-order valence-electron chi connectivity index (χ0n) is 13.1. The summed E-state index contributed by atoms with van der Waals surface area (Å²) in [5.41, 5.74) is 0.331. The molecule has 120 valence electrons. The van der Waals surface area contributed by atoms with E-state index < -0.39 is 10.8 Å². The highest BCUT2D eigenvalue weighted by Crippen LogP contribution is 2.27. The zero-order valence-corrected chi connectivity index (χ0v) is 13.1. The number of nitro groups is 1. The number of anilines is 1. The van der Waals surface area contributed by atoms with E-state index in [0.717, 1.165) is 0 Å². The number of carbonyl (C=O) groups excluding carboxylic acids is 2. The van der Waals surface area contributed by atoms with Crippen molar-refractivity contribution in [3.8, 4) is 0 Å². The lowest BCUT2D eigenvalue weighted by Crippen LogP contribution is -2.31. The molecule has 0 heterocycles. The number of Topliss-reactive ketones (excluding diaryl/α,β-unsaturated/α-hetero) is 1. The summed E-state index contributed by atoms with van der Waals surface area (Å²) in [7, 11) is 0. The van der Waals surface area contributed by atoms with Gasteiger partial charge < -0.3 is 10.1 Å². The summed E-state index contributed by atoms with van der Waals surface area (Å²) in [4.78, 5) is 33.6. The van der Waals surface area contributed by atoms with Crippen LogP contribution in [0.25, 0.3) is 0 Å². The van der Waals surface area contributed by atoms with Crippen LogP contribution in [0.15, 0.2) is 18.2 Å². The Kier molecular flexibility index (Phi) is 6.03. The van der Waals surface area contributed by atoms with Gasteiger partial charge in [0.1, 0.15) is 5.69 Å². The summed E-state index contributed by atoms with van der Waals surface area (Å²) in [5.74, 6) is -1.08. The SMILES string of the molecule is CCOC(=O)C(C)C(C)Nc1ccc(C(C)=O)cc1[N+](=O)[O-]. The number of rotatable bonds is 7. The van der Waals surface area contributed by atoms with E-state index in [1.165, 1.54) is 25.1 Å². The van der Waals surface area contributed by atoms with Crippen molar-refractivity contribution in [1.82, 2.24) is 0 Å². The molecule has 2 atom stereocenters. The topological polar surface area (TPSA) is 98.5 Å². The van der Waals surface area contributed by atoms with Gasteiger partial charge in [0.2, 0.25) is 0 Å². The van der Waals surface area contributed by atoms with E-state index in [0.29, 0.717) is 0 Å². The fourth-order valence-corrected chi connectivity index (χ4v) is 1.87. The first-order valence-corrected chi connectivity index (χ1v) is 7.00. The lowest BCUT2D eigenvalue weighted by Gasteiger charge is -2.21. The molecule has 1 aromatic carbocycles. The van der Waals surface area contributed by atoms with Crippen molar-refractivity contribution in [2.75, 3.05) is 11.9 Å². The number of nitrogens with zero attached hydrogens (tertiary/aromatic N) is 1.